The van der Waals surface area contributed by atoms with Crippen LogP contribution in [0.1, 0.15) is 43.5 Å². The summed E-state index contributed by atoms with van der Waals surface area (Å²) < 4.78 is 13.7. The number of para-hydroxylation sites is 4. The zero-order valence-corrected chi connectivity index (χ0v) is 21.7. The van der Waals surface area contributed by atoms with E-state index >= 15 is 0 Å². The van der Waals surface area contributed by atoms with E-state index in [0.717, 1.165) is 74.5 Å². The number of fused-ring (bicyclic) bond motifs is 1. The van der Waals surface area contributed by atoms with Crippen LogP contribution in [0, 0.1) is 0 Å². The number of unbranched alkanes of at least 4 members (excludes halogenated alkanes) is 2. The summed E-state index contributed by atoms with van der Waals surface area (Å²) in [6.45, 7) is 2.18. The molecule has 6 nitrogen and oxygen atoms in total. The molecule has 0 bridgehead atoms. The molecule has 37 heavy (non-hydrogen) atoms. The fourth-order valence-electron chi connectivity index (χ4n) is 4.51. The highest BCUT2D eigenvalue weighted by molar-refractivity contribution is 5.76. The van der Waals surface area contributed by atoms with E-state index in [0.29, 0.717) is 13.0 Å². The van der Waals surface area contributed by atoms with E-state index in [4.69, 9.17) is 14.5 Å². The zero-order chi connectivity index (χ0) is 25.7. The van der Waals surface area contributed by atoms with E-state index in [1.807, 2.05) is 48.5 Å². The van der Waals surface area contributed by atoms with E-state index < -0.39 is 0 Å². The predicted octanol–water partition coefficient (Wildman–Crippen LogP) is 5.98. The van der Waals surface area contributed by atoms with Gasteiger partial charge in [0.1, 0.15) is 5.82 Å². The Morgan fingerprint density at radius 1 is 0.838 bits per heavy atom. The molecule has 0 saturated heterocycles. The van der Waals surface area contributed by atoms with E-state index in [2.05, 4.69) is 40.2 Å². The van der Waals surface area contributed by atoms with Gasteiger partial charge in [0.15, 0.2) is 11.5 Å². The normalized spacial score (nSPS) is 10.9. The molecule has 4 aromatic rings. The van der Waals surface area contributed by atoms with Gasteiger partial charge in [0.25, 0.3) is 0 Å². The van der Waals surface area contributed by atoms with E-state index in [1.54, 1.807) is 7.11 Å². The molecule has 0 aliphatic rings. The number of hydrogen-bond acceptors (Lipinski definition) is 4. The first-order valence-electron chi connectivity index (χ1n) is 13.2. The number of rotatable bonds is 15. The Kier molecular flexibility index (Phi) is 9.99. The minimum atomic E-state index is 0.126. The van der Waals surface area contributed by atoms with Crippen LogP contribution >= 0.6 is 0 Å². The summed E-state index contributed by atoms with van der Waals surface area (Å²) >= 11 is 0. The molecule has 0 radical (unpaired) electrons. The quantitative estimate of drug-likeness (QED) is 0.205. The van der Waals surface area contributed by atoms with Crippen molar-refractivity contribution in [2.24, 2.45) is 0 Å². The molecule has 0 unspecified atom stereocenters. The number of aromatic nitrogens is 2. The van der Waals surface area contributed by atoms with Gasteiger partial charge in [0.2, 0.25) is 5.91 Å². The van der Waals surface area contributed by atoms with Crippen molar-refractivity contribution < 1.29 is 14.3 Å². The van der Waals surface area contributed by atoms with Crippen molar-refractivity contribution in [3.63, 3.8) is 0 Å². The van der Waals surface area contributed by atoms with Gasteiger partial charge in [0.05, 0.1) is 24.8 Å². The molecule has 0 aliphatic heterocycles. The largest absolute Gasteiger partial charge is 0.493 e. The first-order valence-corrected chi connectivity index (χ1v) is 13.2. The topological polar surface area (TPSA) is 65.4 Å². The third kappa shape index (κ3) is 7.84. The lowest BCUT2D eigenvalue weighted by molar-refractivity contribution is -0.121. The number of nitrogens with one attached hydrogen (secondary N) is 1. The molecule has 3 aromatic carbocycles. The van der Waals surface area contributed by atoms with Crippen molar-refractivity contribution in [1.29, 1.82) is 0 Å². The molecular weight excluding hydrogens is 462 g/mol. The number of imidazole rings is 1. The Morgan fingerprint density at radius 2 is 1.59 bits per heavy atom. The Hall–Kier alpha value is -3.80. The number of aryl methyl sites for hydroxylation is 3. The molecule has 6 heteroatoms. The maximum absolute atomic E-state index is 12.1. The SMILES string of the molecule is COc1ccccc1OCCCn1c(CCCCCNC(=O)CCc2ccccc2)nc2ccccc21. The van der Waals surface area contributed by atoms with Gasteiger partial charge < -0.3 is 19.4 Å². The predicted molar refractivity (Wildman–Crippen MR) is 148 cm³/mol. The van der Waals surface area contributed by atoms with Crippen LogP contribution in [0.15, 0.2) is 78.9 Å². The fourth-order valence-corrected chi connectivity index (χ4v) is 4.51. The van der Waals surface area contributed by atoms with Gasteiger partial charge in [-0.05, 0) is 55.5 Å². The van der Waals surface area contributed by atoms with Crippen LogP contribution in [0.4, 0.5) is 0 Å². The van der Waals surface area contributed by atoms with E-state index in [-0.39, 0.29) is 5.91 Å². The van der Waals surface area contributed by atoms with Crippen LogP contribution in [0.25, 0.3) is 11.0 Å². The second kappa shape index (κ2) is 14.1. The summed E-state index contributed by atoms with van der Waals surface area (Å²) in [5.41, 5.74) is 3.40. The van der Waals surface area contributed by atoms with Gasteiger partial charge in [-0.2, -0.15) is 0 Å². The van der Waals surface area contributed by atoms with Gasteiger partial charge in [-0.1, -0.05) is 61.0 Å². The first kappa shape index (κ1) is 26.3. The van der Waals surface area contributed by atoms with Crippen LogP contribution in [0.2, 0.25) is 0 Å². The monoisotopic (exact) mass is 499 g/mol. The molecule has 1 heterocycles. The average Bonchev–Trinajstić information content (AvgIpc) is 3.29. The third-order valence-electron chi connectivity index (χ3n) is 6.47. The minimum absolute atomic E-state index is 0.126. The number of hydrogen-bond donors (Lipinski definition) is 1. The number of carbonyl (C=O) groups excluding carboxylic acids is 1. The van der Waals surface area contributed by atoms with Crippen molar-refractivity contribution in [2.45, 2.75) is 51.5 Å². The van der Waals surface area contributed by atoms with E-state index in [1.165, 1.54) is 11.1 Å². The lowest BCUT2D eigenvalue weighted by atomic mass is 10.1. The van der Waals surface area contributed by atoms with Gasteiger partial charge >= 0.3 is 0 Å². The van der Waals surface area contributed by atoms with Crippen LogP contribution < -0.4 is 14.8 Å². The molecule has 194 valence electrons. The summed E-state index contributed by atoms with van der Waals surface area (Å²) in [6.07, 6.45) is 6.19. The molecule has 4 rings (SSSR count). The van der Waals surface area contributed by atoms with Crippen molar-refractivity contribution in [1.82, 2.24) is 14.9 Å². The summed E-state index contributed by atoms with van der Waals surface area (Å²) in [4.78, 5) is 17.0. The fraction of sp³-hybridized carbons (Fsp3) is 0.355. The number of amides is 1. The molecule has 0 saturated carbocycles. The van der Waals surface area contributed by atoms with Crippen molar-refractivity contribution in [3.05, 3.63) is 90.3 Å². The first-order chi connectivity index (χ1) is 18.2. The Labute approximate surface area is 219 Å². The second-order valence-electron chi connectivity index (χ2n) is 9.17. The molecular formula is C31H37N3O3. The van der Waals surface area contributed by atoms with Crippen LogP contribution in [-0.2, 0) is 24.2 Å². The second-order valence-corrected chi connectivity index (χ2v) is 9.17. The highest BCUT2D eigenvalue weighted by atomic mass is 16.5. The number of methoxy groups -OCH3 is 1. The summed E-state index contributed by atoms with van der Waals surface area (Å²) in [6, 6.07) is 26.2. The smallest absolute Gasteiger partial charge is 0.220 e. The zero-order valence-electron chi connectivity index (χ0n) is 21.7. The Bertz CT molecular complexity index is 1250. The van der Waals surface area contributed by atoms with Crippen LogP contribution in [-0.4, -0.2) is 35.7 Å². The molecule has 0 aliphatic carbocycles. The van der Waals surface area contributed by atoms with Crippen LogP contribution in [0.3, 0.4) is 0 Å². The number of nitrogens with zero attached hydrogens (tertiary/aromatic N) is 2. The maximum atomic E-state index is 12.1. The van der Waals surface area contributed by atoms with Crippen molar-refractivity contribution in [2.75, 3.05) is 20.3 Å². The third-order valence-corrected chi connectivity index (χ3v) is 6.47. The van der Waals surface area contributed by atoms with Gasteiger partial charge in [-0.15, -0.1) is 0 Å². The number of ether oxygens (including phenoxy) is 2. The van der Waals surface area contributed by atoms with Gasteiger partial charge in [-0.25, -0.2) is 4.98 Å². The molecule has 0 atom stereocenters. The molecule has 1 aromatic heterocycles. The Morgan fingerprint density at radius 3 is 2.43 bits per heavy atom. The van der Waals surface area contributed by atoms with Crippen molar-refractivity contribution >= 4 is 16.9 Å². The summed E-state index contributed by atoms with van der Waals surface area (Å²) in [7, 11) is 1.66. The molecule has 1 N–H and O–H groups in total. The lowest BCUT2D eigenvalue weighted by Crippen LogP contribution is -2.24. The average molecular weight is 500 g/mol. The molecule has 0 spiro atoms. The van der Waals surface area contributed by atoms with Gasteiger partial charge in [-0.3, -0.25) is 4.79 Å². The summed E-state index contributed by atoms with van der Waals surface area (Å²) in [5, 5.41) is 3.06. The Balaban J connectivity index is 1.20. The number of benzene rings is 3. The standard InChI is InChI=1S/C31H37N3O3/c1-36-28-17-9-10-18-29(28)37-24-12-23-34-27-16-8-7-15-26(27)33-30(34)19-6-3-11-22-32-31(35)21-20-25-13-4-2-5-14-25/h2,4-5,7-10,13-18H,3,6,11-12,19-24H2,1H3,(H,32,35). The highest BCUT2D eigenvalue weighted by Gasteiger charge is 2.11. The summed E-state index contributed by atoms with van der Waals surface area (Å²) in [5.74, 6) is 2.77. The van der Waals surface area contributed by atoms with Crippen molar-refractivity contribution in [3.8, 4) is 11.5 Å². The lowest BCUT2D eigenvalue weighted by Gasteiger charge is -2.12. The molecule has 0 fully saturated rings. The maximum Gasteiger partial charge on any atom is 0.220 e. The number of carbonyl (C=O) groups is 1. The van der Waals surface area contributed by atoms with E-state index in [9.17, 15) is 4.79 Å². The van der Waals surface area contributed by atoms with Gasteiger partial charge in [0, 0.05) is 25.9 Å². The van der Waals surface area contributed by atoms with Crippen LogP contribution in [0.5, 0.6) is 11.5 Å². The molecule has 1 amide bonds. The minimum Gasteiger partial charge on any atom is -0.493 e. The highest BCUT2D eigenvalue weighted by Crippen LogP contribution is 2.26.